The van der Waals surface area contributed by atoms with Crippen molar-refractivity contribution in [2.24, 2.45) is 0 Å². The number of nitrogens with one attached hydrogen (secondary N) is 1. The number of aryl methyl sites for hydroxylation is 1. The van der Waals surface area contributed by atoms with Gasteiger partial charge in [-0.25, -0.2) is 0 Å². The van der Waals surface area contributed by atoms with Crippen LogP contribution < -0.4 is 10.1 Å². The molecule has 0 aliphatic heterocycles. The van der Waals surface area contributed by atoms with Crippen LogP contribution in [0.4, 0.5) is 0 Å². The topological polar surface area (TPSA) is 58.6 Å². The third-order valence-corrected chi connectivity index (χ3v) is 4.00. The Morgan fingerprint density at radius 3 is 2.70 bits per heavy atom. The van der Waals surface area contributed by atoms with Crippen molar-refractivity contribution in [3.8, 4) is 5.75 Å². The molecule has 0 saturated heterocycles. The van der Waals surface area contributed by atoms with E-state index in [0.29, 0.717) is 10.8 Å². The second kappa shape index (κ2) is 7.99. The van der Waals surface area contributed by atoms with E-state index in [1.165, 1.54) is 0 Å². The number of carbonyl (C=O) groups is 1. The Morgan fingerprint density at radius 1 is 1.30 bits per heavy atom. The highest BCUT2D eigenvalue weighted by Gasteiger charge is 2.13. The van der Waals surface area contributed by atoms with Crippen LogP contribution in [0.15, 0.2) is 42.5 Å². The lowest BCUT2D eigenvalue weighted by Crippen LogP contribution is -2.30. The third kappa shape index (κ3) is 4.71. The van der Waals surface area contributed by atoms with E-state index in [-0.39, 0.29) is 18.9 Å². The van der Waals surface area contributed by atoms with Gasteiger partial charge in [-0.2, -0.15) is 0 Å². The lowest BCUT2D eigenvalue weighted by molar-refractivity contribution is -0.120. The van der Waals surface area contributed by atoms with E-state index in [1.807, 2.05) is 31.2 Å². The lowest BCUT2D eigenvalue weighted by Gasteiger charge is -2.15. The molecule has 1 amide bonds. The number of hydrogen-bond donors (Lipinski definition) is 2. The van der Waals surface area contributed by atoms with Gasteiger partial charge in [0.1, 0.15) is 5.75 Å². The summed E-state index contributed by atoms with van der Waals surface area (Å²) in [6.45, 7) is 2.09. The zero-order valence-corrected chi connectivity index (χ0v) is 13.9. The molecular formula is C18H20ClNO3. The average molecular weight is 334 g/mol. The van der Waals surface area contributed by atoms with Gasteiger partial charge in [0.05, 0.1) is 19.6 Å². The maximum absolute atomic E-state index is 12.0. The molecule has 2 aromatic carbocycles. The Hall–Kier alpha value is -2.04. The molecule has 4 nitrogen and oxygen atoms in total. The van der Waals surface area contributed by atoms with Crippen molar-refractivity contribution in [2.45, 2.75) is 19.4 Å². The first-order chi connectivity index (χ1) is 11.0. The van der Waals surface area contributed by atoms with Gasteiger partial charge in [0.25, 0.3) is 0 Å². The van der Waals surface area contributed by atoms with Crippen LogP contribution in [-0.4, -0.2) is 24.7 Å². The number of rotatable bonds is 6. The van der Waals surface area contributed by atoms with E-state index in [1.54, 1.807) is 25.3 Å². The summed E-state index contributed by atoms with van der Waals surface area (Å²) in [7, 11) is 1.56. The van der Waals surface area contributed by atoms with Crippen molar-refractivity contribution < 1.29 is 14.6 Å². The number of hydrogen-bond acceptors (Lipinski definition) is 3. The first-order valence-electron chi connectivity index (χ1n) is 7.34. The maximum atomic E-state index is 12.0. The average Bonchev–Trinajstić information content (AvgIpc) is 2.55. The number of ether oxygens (including phenoxy) is 1. The van der Waals surface area contributed by atoms with E-state index >= 15 is 0 Å². The number of aliphatic hydroxyl groups excluding tert-OH is 1. The zero-order valence-electron chi connectivity index (χ0n) is 13.2. The largest absolute Gasteiger partial charge is 0.497 e. The summed E-state index contributed by atoms with van der Waals surface area (Å²) in [5.41, 5.74) is 2.53. The number of carbonyl (C=O) groups excluding carboxylic acids is 1. The molecule has 0 bridgehead atoms. The van der Waals surface area contributed by atoms with Crippen LogP contribution in [0.25, 0.3) is 0 Å². The van der Waals surface area contributed by atoms with E-state index in [9.17, 15) is 9.90 Å². The Kier molecular flexibility index (Phi) is 6.02. The SMILES string of the molecule is COc1ccc(CC(=O)NCC(O)c2ccccc2C)c(Cl)c1. The van der Waals surface area contributed by atoms with Crippen LogP contribution in [0.3, 0.4) is 0 Å². The monoisotopic (exact) mass is 333 g/mol. The van der Waals surface area contributed by atoms with Crippen LogP contribution in [-0.2, 0) is 11.2 Å². The van der Waals surface area contributed by atoms with Gasteiger partial charge < -0.3 is 15.2 Å². The molecule has 0 aliphatic rings. The minimum atomic E-state index is -0.730. The number of benzene rings is 2. The number of aliphatic hydroxyl groups is 1. The van der Waals surface area contributed by atoms with Gasteiger partial charge in [-0.3, -0.25) is 4.79 Å². The van der Waals surface area contributed by atoms with Crippen LogP contribution >= 0.6 is 11.6 Å². The Morgan fingerprint density at radius 2 is 2.04 bits per heavy atom. The Labute approximate surface area is 141 Å². The first-order valence-corrected chi connectivity index (χ1v) is 7.71. The predicted octanol–water partition coefficient (Wildman–Crippen LogP) is 3.05. The van der Waals surface area contributed by atoms with Gasteiger partial charge in [-0.15, -0.1) is 0 Å². The number of methoxy groups -OCH3 is 1. The summed E-state index contributed by atoms with van der Waals surface area (Å²) in [6, 6.07) is 12.8. The van der Waals surface area contributed by atoms with Crippen LogP contribution in [0.2, 0.25) is 5.02 Å². The van der Waals surface area contributed by atoms with E-state index in [0.717, 1.165) is 16.7 Å². The molecule has 2 aromatic rings. The van der Waals surface area contributed by atoms with Gasteiger partial charge in [0, 0.05) is 11.6 Å². The predicted molar refractivity (Wildman–Crippen MR) is 90.9 cm³/mol. The van der Waals surface area contributed by atoms with Gasteiger partial charge in [-0.05, 0) is 35.7 Å². The fourth-order valence-electron chi connectivity index (χ4n) is 2.31. The zero-order chi connectivity index (χ0) is 16.8. The molecule has 0 radical (unpaired) electrons. The quantitative estimate of drug-likeness (QED) is 0.854. The van der Waals surface area contributed by atoms with Crippen LogP contribution in [0.1, 0.15) is 22.8 Å². The molecule has 0 aromatic heterocycles. The van der Waals surface area contributed by atoms with Gasteiger partial charge in [-0.1, -0.05) is 41.9 Å². The fourth-order valence-corrected chi connectivity index (χ4v) is 2.55. The molecule has 5 heteroatoms. The van der Waals surface area contributed by atoms with Crippen molar-refractivity contribution >= 4 is 17.5 Å². The molecule has 0 aliphatic carbocycles. The third-order valence-electron chi connectivity index (χ3n) is 3.65. The lowest BCUT2D eigenvalue weighted by atomic mass is 10.0. The molecule has 122 valence electrons. The molecular weight excluding hydrogens is 314 g/mol. The van der Waals surface area contributed by atoms with Gasteiger partial charge in [0.15, 0.2) is 0 Å². The van der Waals surface area contributed by atoms with Crippen molar-refractivity contribution in [2.75, 3.05) is 13.7 Å². The highest BCUT2D eigenvalue weighted by molar-refractivity contribution is 6.31. The van der Waals surface area contributed by atoms with Gasteiger partial charge in [0.2, 0.25) is 5.91 Å². The van der Waals surface area contributed by atoms with Crippen molar-refractivity contribution in [3.05, 3.63) is 64.2 Å². The van der Waals surface area contributed by atoms with Crippen LogP contribution in [0.5, 0.6) is 5.75 Å². The summed E-state index contributed by atoms with van der Waals surface area (Å²) >= 11 is 6.12. The molecule has 2 rings (SSSR count). The molecule has 1 atom stereocenters. The highest BCUT2D eigenvalue weighted by Crippen LogP contribution is 2.23. The summed E-state index contributed by atoms with van der Waals surface area (Å²) in [4.78, 5) is 12.0. The van der Waals surface area contributed by atoms with E-state index in [2.05, 4.69) is 5.32 Å². The molecule has 1 unspecified atom stereocenters. The molecule has 23 heavy (non-hydrogen) atoms. The van der Waals surface area contributed by atoms with Crippen LogP contribution in [0, 0.1) is 6.92 Å². The molecule has 2 N–H and O–H groups in total. The van der Waals surface area contributed by atoms with Crippen molar-refractivity contribution in [3.63, 3.8) is 0 Å². The first kappa shape index (κ1) is 17.3. The standard InChI is InChI=1S/C18H20ClNO3/c1-12-5-3-4-6-15(12)17(21)11-20-18(22)9-13-7-8-14(23-2)10-16(13)19/h3-8,10,17,21H,9,11H2,1-2H3,(H,20,22). The van der Waals surface area contributed by atoms with Crippen molar-refractivity contribution in [1.29, 1.82) is 0 Å². The summed E-state index contributed by atoms with van der Waals surface area (Å²) in [6.07, 6.45) is -0.574. The normalized spacial score (nSPS) is 11.8. The second-order valence-corrected chi connectivity index (χ2v) is 5.72. The minimum Gasteiger partial charge on any atom is -0.497 e. The molecule has 0 spiro atoms. The summed E-state index contributed by atoms with van der Waals surface area (Å²) < 4.78 is 5.08. The fraction of sp³-hybridized carbons (Fsp3) is 0.278. The smallest absolute Gasteiger partial charge is 0.224 e. The molecule has 0 saturated carbocycles. The number of halogens is 1. The van der Waals surface area contributed by atoms with Gasteiger partial charge >= 0.3 is 0 Å². The second-order valence-electron chi connectivity index (χ2n) is 5.31. The Balaban J connectivity index is 1.91. The Bertz CT molecular complexity index is 688. The minimum absolute atomic E-state index is 0.156. The number of amides is 1. The summed E-state index contributed by atoms with van der Waals surface area (Å²) in [5, 5.41) is 13.4. The molecule has 0 heterocycles. The highest BCUT2D eigenvalue weighted by atomic mass is 35.5. The molecule has 0 fully saturated rings. The van der Waals surface area contributed by atoms with Crippen molar-refractivity contribution in [1.82, 2.24) is 5.32 Å². The maximum Gasteiger partial charge on any atom is 0.224 e. The summed E-state index contributed by atoms with van der Waals surface area (Å²) in [5.74, 6) is 0.457. The van der Waals surface area contributed by atoms with E-state index in [4.69, 9.17) is 16.3 Å². The van der Waals surface area contributed by atoms with E-state index < -0.39 is 6.10 Å².